The average Bonchev–Trinajstić information content (AvgIpc) is 3.00. The predicted molar refractivity (Wildman–Crippen MR) is 123 cm³/mol. The summed E-state index contributed by atoms with van der Waals surface area (Å²) in [6.07, 6.45) is 2.09. The largest absolute Gasteiger partial charge is 0.497 e. The van der Waals surface area contributed by atoms with Gasteiger partial charge in [-0.2, -0.15) is 0 Å². The molecule has 0 N–H and O–H groups in total. The highest BCUT2D eigenvalue weighted by Crippen LogP contribution is 2.38. The quantitative estimate of drug-likeness (QED) is 0.492. The van der Waals surface area contributed by atoms with E-state index < -0.39 is 0 Å². The van der Waals surface area contributed by atoms with Gasteiger partial charge in [-0.3, -0.25) is 4.90 Å². The van der Waals surface area contributed by atoms with Crippen molar-refractivity contribution in [1.82, 2.24) is 4.90 Å². The summed E-state index contributed by atoms with van der Waals surface area (Å²) < 4.78 is 17.1. The van der Waals surface area contributed by atoms with E-state index in [1.165, 1.54) is 16.0 Å². The normalized spacial score (nSPS) is 13.8. The van der Waals surface area contributed by atoms with Crippen LogP contribution in [0.5, 0.6) is 17.2 Å². The highest BCUT2D eigenvalue weighted by Gasteiger charge is 2.20. The van der Waals surface area contributed by atoms with Crippen molar-refractivity contribution >= 4 is 11.8 Å². The molecule has 4 nitrogen and oxygen atoms in total. The molecule has 3 aromatic carbocycles. The zero-order valence-electron chi connectivity index (χ0n) is 17.7. The van der Waals surface area contributed by atoms with Gasteiger partial charge in [0.05, 0.1) is 14.2 Å². The van der Waals surface area contributed by atoms with Crippen LogP contribution in [0.2, 0.25) is 0 Å². The number of fused-ring (bicyclic) bond motifs is 1. The van der Waals surface area contributed by atoms with Gasteiger partial charge in [-0.15, -0.1) is 11.8 Å². The number of rotatable bonds is 6. The summed E-state index contributed by atoms with van der Waals surface area (Å²) in [7, 11) is 3.40. The van der Waals surface area contributed by atoms with Crippen molar-refractivity contribution < 1.29 is 14.2 Å². The molecule has 0 unspecified atom stereocenters. The molecule has 0 atom stereocenters. The molecule has 0 saturated carbocycles. The Hall–Kier alpha value is -2.63. The Kier molecular flexibility index (Phi) is 6.50. The van der Waals surface area contributed by atoms with E-state index in [2.05, 4.69) is 59.7 Å². The Balaban J connectivity index is 1.61. The van der Waals surface area contributed by atoms with Crippen LogP contribution in [0.1, 0.15) is 11.1 Å². The summed E-state index contributed by atoms with van der Waals surface area (Å²) in [5.74, 6) is 2.53. The molecule has 0 saturated heterocycles. The van der Waals surface area contributed by atoms with Gasteiger partial charge in [0.2, 0.25) is 0 Å². The van der Waals surface area contributed by atoms with Gasteiger partial charge in [-0.05, 0) is 59.3 Å². The Morgan fingerprint density at radius 1 is 0.933 bits per heavy atom. The topological polar surface area (TPSA) is 30.9 Å². The van der Waals surface area contributed by atoms with Gasteiger partial charge in [0, 0.05) is 30.1 Å². The number of thioether (sulfide) groups is 1. The van der Waals surface area contributed by atoms with Crippen LogP contribution < -0.4 is 14.2 Å². The van der Waals surface area contributed by atoms with Gasteiger partial charge < -0.3 is 14.2 Å². The van der Waals surface area contributed by atoms with Gasteiger partial charge in [0.25, 0.3) is 0 Å². The number of hydrogen-bond acceptors (Lipinski definition) is 5. The zero-order valence-corrected chi connectivity index (χ0v) is 18.5. The molecule has 156 valence electrons. The van der Waals surface area contributed by atoms with E-state index in [4.69, 9.17) is 14.2 Å². The molecule has 0 aliphatic carbocycles. The minimum Gasteiger partial charge on any atom is -0.497 e. The van der Waals surface area contributed by atoms with Crippen molar-refractivity contribution in [1.29, 1.82) is 0 Å². The summed E-state index contributed by atoms with van der Waals surface area (Å²) in [5.41, 5.74) is 4.74. The third kappa shape index (κ3) is 4.58. The van der Waals surface area contributed by atoms with Crippen LogP contribution >= 0.6 is 11.8 Å². The third-order valence-corrected chi connectivity index (χ3v) is 6.13. The average molecular weight is 422 g/mol. The molecular weight excluding hydrogens is 394 g/mol. The lowest BCUT2D eigenvalue weighted by Crippen LogP contribution is -2.25. The number of ether oxygens (including phenoxy) is 3. The first-order valence-electron chi connectivity index (χ1n) is 10.0. The molecule has 0 amide bonds. The monoisotopic (exact) mass is 421 g/mol. The SMILES string of the molecule is COc1ccc(CN2CCOc3c(cc(-c4ccc(SC)cc4)cc3OC)C2)cc1. The van der Waals surface area contributed by atoms with Crippen LogP contribution in [0.3, 0.4) is 0 Å². The van der Waals surface area contributed by atoms with Crippen molar-refractivity contribution in [3.8, 4) is 28.4 Å². The Bertz CT molecular complexity index is 987. The minimum atomic E-state index is 0.640. The van der Waals surface area contributed by atoms with Gasteiger partial charge >= 0.3 is 0 Å². The Morgan fingerprint density at radius 2 is 1.70 bits per heavy atom. The zero-order chi connectivity index (χ0) is 20.9. The van der Waals surface area contributed by atoms with Gasteiger partial charge in [0.1, 0.15) is 12.4 Å². The standard InChI is InChI=1S/C25H27NO3S/c1-27-22-8-4-18(5-9-22)16-26-12-13-29-25-21(17-26)14-20(15-24(25)28-2)19-6-10-23(30-3)11-7-19/h4-11,14-15H,12-13,16-17H2,1-3H3. The van der Waals surface area contributed by atoms with E-state index in [-0.39, 0.29) is 0 Å². The van der Waals surface area contributed by atoms with Crippen LogP contribution in [0.15, 0.2) is 65.6 Å². The van der Waals surface area contributed by atoms with Crippen LogP contribution in [0, 0.1) is 0 Å². The van der Waals surface area contributed by atoms with Crippen molar-refractivity contribution in [3.63, 3.8) is 0 Å². The van der Waals surface area contributed by atoms with Crippen LogP contribution in [0.25, 0.3) is 11.1 Å². The molecule has 0 aromatic heterocycles. The summed E-state index contributed by atoms with van der Waals surface area (Å²) in [6.45, 7) is 3.18. The highest BCUT2D eigenvalue weighted by atomic mass is 32.2. The van der Waals surface area contributed by atoms with E-state index in [1.54, 1.807) is 26.0 Å². The molecule has 1 heterocycles. The van der Waals surface area contributed by atoms with Crippen LogP contribution in [-0.2, 0) is 13.1 Å². The fraction of sp³-hybridized carbons (Fsp3) is 0.280. The summed E-state index contributed by atoms with van der Waals surface area (Å²) in [5, 5.41) is 0. The lowest BCUT2D eigenvalue weighted by atomic mass is 10.0. The molecule has 0 spiro atoms. The number of hydrogen-bond donors (Lipinski definition) is 0. The maximum atomic E-state index is 6.11. The highest BCUT2D eigenvalue weighted by molar-refractivity contribution is 7.98. The second kappa shape index (κ2) is 9.45. The molecule has 3 aromatic rings. The summed E-state index contributed by atoms with van der Waals surface area (Å²) in [6, 6.07) is 21.2. The molecule has 0 radical (unpaired) electrons. The van der Waals surface area contributed by atoms with Crippen LogP contribution in [0.4, 0.5) is 0 Å². The molecule has 1 aliphatic rings. The predicted octanol–water partition coefficient (Wildman–Crippen LogP) is 5.49. The summed E-state index contributed by atoms with van der Waals surface area (Å²) in [4.78, 5) is 3.67. The van der Waals surface area contributed by atoms with E-state index in [1.807, 2.05) is 12.1 Å². The second-order valence-electron chi connectivity index (χ2n) is 7.30. The molecular formula is C25H27NO3S. The van der Waals surface area contributed by atoms with Crippen molar-refractivity contribution in [2.45, 2.75) is 18.0 Å². The number of benzene rings is 3. The fourth-order valence-corrected chi connectivity index (χ4v) is 4.17. The van der Waals surface area contributed by atoms with E-state index in [0.29, 0.717) is 6.61 Å². The molecule has 1 aliphatic heterocycles. The van der Waals surface area contributed by atoms with Gasteiger partial charge in [-0.25, -0.2) is 0 Å². The summed E-state index contributed by atoms with van der Waals surface area (Å²) >= 11 is 1.75. The minimum absolute atomic E-state index is 0.640. The van der Waals surface area contributed by atoms with Gasteiger partial charge in [-0.1, -0.05) is 24.3 Å². The van der Waals surface area contributed by atoms with E-state index in [0.717, 1.165) is 48.0 Å². The number of nitrogens with zero attached hydrogens (tertiary/aromatic N) is 1. The third-order valence-electron chi connectivity index (χ3n) is 5.39. The Morgan fingerprint density at radius 3 is 2.37 bits per heavy atom. The second-order valence-corrected chi connectivity index (χ2v) is 8.18. The Labute approximate surface area is 182 Å². The van der Waals surface area contributed by atoms with Gasteiger partial charge in [0.15, 0.2) is 11.5 Å². The molecule has 0 fully saturated rings. The van der Waals surface area contributed by atoms with Crippen molar-refractivity contribution in [2.75, 3.05) is 33.6 Å². The molecule has 5 heteroatoms. The first-order valence-corrected chi connectivity index (χ1v) is 11.3. The van der Waals surface area contributed by atoms with E-state index >= 15 is 0 Å². The van der Waals surface area contributed by atoms with E-state index in [9.17, 15) is 0 Å². The lowest BCUT2D eigenvalue weighted by molar-refractivity contribution is 0.217. The molecule has 30 heavy (non-hydrogen) atoms. The van der Waals surface area contributed by atoms with Crippen LogP contribution in [-0.4, -0.2) is 38.5 Å². The molecule has 0 bridgehead atoms. The van der Waals surface area contributed by atoms with Crippen molar-refractivity contribution in [3.05, 3.63) is 71.8 Å². The maximum absolute atomic E-state index is 6.11. The van der Waals surface area contributed by atoms with Crippen molar-refractivity contribution in [2.24, 2.45) is 0 Å². The first-order chi connectivity index (χ1) is 14.7. The lowest BCUT2D eigenvalue weighted by Gasteiger charge is -2.20. The maximum Gasteiger partial charge on any atom is 0.165 e. The number of methoxy groups -OCH3 is 2. The first kappa shape index (κ1) is 20.6. The molecule has 4 rings (SSSR count). The smallest absolute Gasteiger partial charge is 0.165 e. The fourth-order valence-electron chi connectivity index (χ4n) is 3.76.